The van der Waals surface area contributed by atoms with Gasteiger partial charge in [0.15, 0.2) is 0 Å². The molecule has 11 nitrogen and oxygen atoms in total. The molecule has 1 aromatic heterocycles. The van der Waals surface area contributed by atoms with Gasteiger partial charge in [0, 0.05) is 23.3 Å². The van der Waals surface area contributed by atoms with Gasteiger partial charge in [0.2, 0.25) is 0 Å². The maximum atomic E-state index is 12.8. The second-order valence-electron chi connectivity index (χ2n) is 7.79. The maximum absolute atomic E-state index is 12.8. The fourth-order valence-corrected chi connectivity index (χ4v) is 4.24. The first-order chi connectivity index (χ1) is 18.1. The molecule has 13 heteroatoms. The lowest BCUT2D eigenvalue weighted by Gasteiger charge is -2.10. The largest absolute Gasteiger partial charge is 0.468 e. The van der Waals surface area contributed by atoms with Gasteiger partial charge in [-0.1, -0.05) is 29.8 Å². The van der Waals surface area contributed by atoms with Gasteiger partial charge in [-0.05, 0) is 54.4 Å². The minimum absolute atomic E-state index is 0.0944. The summed E-state index contributed by atoms with van der Waals surface area (Å²) in [7, 11) is -3.16. The van der Waals surface area contributed by atoms with Crippen LogP contribution in [0.15, 0.2) is 71.8 Å². The minimum Gasteiger partial charge on any atom is -0.468 e. The van der Waals surface area contributed by atoms with E-state index in [0.29, 0.717) is 18.0 Å². The fraction of sp³-hybridized carbons (Fsp3) is 0.160. The van der Waals surface area contributed by atoms with E-state index in [0.717, 1.165) is 17.8 Å². The molecule has 0 aliphatic rings. The summed E-state index contributed by atoms with van der Waals surface area (Å²) in [5, 5.41) is 5.61. The van der Waals surface area contributed by atoms with Crippen molar-refractivity contribution in [3.63, 3.8) is 0 Å². The van der Waals surface area contributed by atoms with Crippen molar-refractivity contribution in [2.45, 2.75) is 11.3 Å². The molecular weight excluding hydrogens is 536 g/mol. The molecule has 3 N–H and O–H groups in total. The smallest absolute Gasteiger partial charge is 0.325 e. The molecule has 0 aliphatic heterocycles. The van der Waals surface area contributed by atoms with Gasteiger partial charge in [-0.15, -0.1) is 0 Å². The van der Waals surface area contributed by atoms with Crippen molar-refractivity contribution in [2.24, 2.45) is 0 Å². The van der Waals surface area contributed by atoms with Crippen LogP contribution in [-0.2, 0) is 26.0 Å². The zero-order valence-corrected chi connectivity index (χ0v) is 21.6. The lowest BCUT2D eigenvalue weighted by atomic mass is 10.1. The Bertz CT molecular complexity index is 1440. The second kappa shape index (κ2) is 12.8. The number of hydrogen-bond acceptors (Lipinski definition) is 8. The molecule has 0 atom stereocenters. The average Bonchev–Trinajstić information content (AvgIpc) is 2.92. The molecule has 0 bridgehead atoms. The number of nitrogens with one attached hydrogen (secondary N) is 3. The Labute approximate surface area is 223 Å². The number of hydrogen-bond donors (Lipinski definition) is 3. The molecule has 0 radical (unpaired) electrons. The van der Waals surface area contributed by atoms with Crippen LogP contribution < -0.4 is 15.4 Å². The Morgan fingerprint density at radius 3 is 2.29 bits per heavy atom. The zero-order valence-electron chi connectivity index (χ0n) is 20.1. The van der Waals surface area contributed by atoms with E-state index in [9.17, 15) is 27.6 Å². The quantitative estimate of drug-likeness (QED) is 0.317. The number of halogens is 1. The summed E-state index contributed by atoms with van der Waals surface area (Å²) < 4.78 is 31.9. The standard InChI is InChI=1S/C25H23ClN4O7S/c1-37-22(31)15-29-25(34)21-10-7-18(14-28-21)24(33)30-38(35,36)20-4-2-3-17(13-20)23(32)27-12-11-16-5-8-19(26)9-6-16/h2-10,13-14H,11-12,15H2,1H3,(H,27,32)(H,29,34)(H,30,33). The van der Waals surface area contributed by atoms with Gasteiger partial charge in [0.1, 0.15) is 12.2 Å². The van der Waals surface area contributed by atoms with E-state index in [1.165, 1.54) is 37.4 Å². The molecule has 198 valence electrons. The van der Waals surface area contributed by atoms with Crippen molar-refractivity contribution < 1.29 is 32.3 Å². The topological polar surface area (TPSA) is 161 Å². The minimum atomic E-state index is -4.33. The van der Waals surface area contributed by atoms with Gasteiger partial charge in [0.05, 0.1) is 17.6 Å². The predicted octanol–water partition coefficient (Wildman–Crippen LogP) is 1.73. The number of esters is 1. The highest BCUT2D eigenvalue weighted by atomic mass is 35.5. The monoisotopic (exact) mass is 558 g/mol. The van der Waals surface area contributed by atoms with Gasteiger partial charge >= 0.3 is 5.97 Å². The van der Waals surface area contributed by atoms with Crippen molar-refractivity contribution in [1.82, 2.24) is 20.3 Å². The molecule has 1 heterocycles. The highest BCUT2D eigenvalue weighted by molar-refractivity contribution is 7.90. The predicted molar refractivity (Wildman–Crippen MR) is 137 cm³/mol. The molecule has 0 spiro atoms. The van der Waals surface area contributed by atoms with Crippen LogP contribution in [0.3, 0.4) is 0 Å². The highest BCUT2D eigenvalue weighted by Gasteiger charge is 2.21. The Morgan fingerprint density at radius 2 is 1.63 bits per heavy atom. The summed E-state index contributed by atoms with van der Waals surface area (Å²) in [4.78, 5) is 51.7. The van der Waals surface area contributed by atoms with E-state index in [1.54, 1.807) is 12.1 Å². The summed E-state index contributed by atoms with van der Waals surface area (Å²) in [6, 6.07) is 14.8. The number of pyridine rings is 1. The maximum Gasteiger partial charge on any atom is 0.325 e. The number of benzene rings is 2. The molecule has 0 aliphatic carbocycles. The van der Waals surface area contributed by atoms with E-state index in [2.05, 4.69) is 20.4 Å². The number of carbonyl (C=O) groups excluding carboxylic acids is 4. The van der Waals surface area contributed by atoms with Crippen LogP contribution in [0.25, 0.3) is 0 Å². The van der Waals surface area contributed by atoms with Crippen LogP contribution >= 0.6 is 11.6 Å². The lowest BCUT2D eigenvalue weighted by Crippen LogP contribution is -2.32. The van der Waals surface area contributed by atoms with Crippen LogP contribution in [0, 0.1) is 0 Å². The van der Waals surface area contributed by atoms with Crippen LogP contribution in [-0.4, -0.2) is 57.3 Å². The first-order valence-corrected chi connectivity index (χ1v) is 13.0. The van der Waals surface area contributed by atoms with Crippen LogP contribution in [0.4, 0.5) is 0 Å². The number of amides is 3. The third-order valence-corrected chi connectivity index (χ3v) is 6.71. The van der Waals surface area contributed by atoms with Crippen LogP contribution in [0.5, 0.6) is 0 Å². The van der Waals surface area contributed by atoms with Crippen molar-refractivity contribution in [3.05, 3.63) is 94.3 Å². The van der Waals surface area contributed by atoms with E-state index in [4.69, 9.17) is 11.6 Å². The van der Waals surface area contributed by atoms with Crippen LogP contribution in [0.2, 0.25) is 5.02 Å². The first-order valence-electron chi connectivity index (χ1n) is 11.1. The zero-order chi connectivity index (χ0) is 27.7. The van der Waals surface area contributed by atoms with Crippen molar-refractivity contribution >= 4 is 45.3 Å². The Morgan fingerprint density at radius 1 is 0.895 bits per heavy atom. The summed E-state index contributed by atoms with van der Waals surface area (Å²) in [5.74, 6) is -2.80. The first kappa shape index (κ1) is 28.3. The molecule has 0 unspecified atom stereocenters. The summed E-state index contributed by atoms with van der Waals surface area (Å²) in [6.07, 6.45) is 1.57. The molecule has 0 saturated carbocycles. The highest BCUT2D eigenvalue weighted by Crippen LogP contribution is 2.13. The summed E-state index contributed by atoms with van der Waals surface area (Å²) in [6.45, 7) is -0.0468. The van der Waals surface area contributed by atoms with Gasteiger partial charge in [0.25, 0.3) is 27.7 Å². The molecule has 2 aromatic carbocycles. The number of sulfonamides is 1. The third kappa shape index (κ3) is 7.85. The van der Waals surface area contributed by atoms with Gasteiger partial charge in [-0.3, -0.25) is 24.2 Å². The average molecular weight is 559 g/mol. The fourth-order valence-electron chi connectivity index (χ4n) is 3.10. The van der Waals surface area contributed by atoms with E-state index < -0.39 is 33.7 Å². The number of aromatic nitrogens is 1. The SMILES string of the molecule is COC(=O)CNC(=O)c1ccc(C(=O)NS(=O)(=O)c2cccc(C(=O)NCCc3ccc(Cl)cc3)c2)cn1. The van der Waals surface area contributed by atoms with E-state index in [1.807, 2.05) is 16.9 Å². The third-order valence-electron chi connectivity index (χ3n) is 5.13. The van der Waals surface area contributed by atoms with Gasteiger partial charge < -0.3 is 15.4 Å². The molecular formula is C25H23ClN4O7S. The Kier molecular flexibility index (Phi) is 9.52. The number of methoxy groups -OCH3 is 1. The molecule has 38 heavy (non-hydrogen) atoms. The Hall–Kier alpha value is -4.29. The molecule has 3 amide bonds. The second-order valence-corrected chi connectivity index (χ2v) is 9.90. The summed E-state index contributed by atoms with van der Waals surface area (Å²) in [5.41, 5.74) is 0.843. The number of carbonyl (C=O) groups is 4. The van der Waals surface area contributed by atoms with E-state index in [-0.39, 0.29) is 28.3 Å². The summed E-state index contributed by atoms with van der Waals surface area (Å²) >= 11 is 5.86. The molecule has 0 fully saturated rings. The normalized spacial score (nSPS) is 10.8. The number of ether oxygens (including phenoxy) is 1. The van der Waals surface area contributed by atoms with Gasteiger partial charge in [-0.2, -0.15) is 0 Å². The van der Waals surface area contributed by atoms with Crippen molar-refractivity contribution in [1.29, 1.82) is 0 Å². The number of nitrogens with zero attached hydrogens (tertiary/aromatic N) is 1. The Balaban J connectivity index is 1.60. The van der Waals surface area contributed by atoms with Crippen molar-refractivity contribution in [2.75, 3.05) is 20.2 Å². The van der Waals surface area contributed by atoms with Gasteiger partial charge in [-0.25, -0.2) is 13.1 Å². The van der Waals surface area contributed by atoms with E-state index >= 15 is 0 Å². The molecule has 0 saturated heterocycles. The van der Waals surface area contributed by atoms with Crippen molar-refractivity contribution in [3.8, 4) is 0 Å². The van der Waals surface area contributed by atoms with Crippen LogP contribution in [0.1, 0.15) is 36.8 Å². The molecule has 3 rings (SSSR count). The number of rotatable bonds is 10. The lowest BCUT2D eigenvalue weighted by molar-refractivity contribution is -0.139. The molecule has 3 aromatic rings.